The van der Waals surface area contributed by atoms with Gasteiger partial charge in [-0.2, -0.15) is 0 Å². The van der Waals surface area contributed by atoms with Gasteiger partial charge in [0, 0.05) is 40.5 Å². The lowest BCUT2D eigenvalue weighted by Crippen LogP contribution is -2.24. The molecular weight excluding hydrogens is 697 g/mol. The summed E-state index contributed by atoms with van der Waals surface area (Å²) in [5, 5.41) is 2.38. The summed E-state index contributed by atoms with van der Waals surface area (Å²) in [5.41, 5.74) is 12.2. The van der Waals surface area contributed by atoms with Crippen LogP contribution >= 0.6 is 0 Å². The van der Waals surface area contributed by atoms with Crippen molar-refractivity contribution in [2.24, 2.45) is 0 Å². The van der Waals surface area contributed by atoms with Crippen LogP contribution in [0.4, 0.5) is 22.7 Å². The maximum Gasteiger partial charge on any atom is 0.137 e. The summed E-state index contributed by atoms with van der Waals surface area (Å²) in [6, 6.07) is 42.2. The molecule has 5 nitrogen and oxygen atoms in total. The van der Waals surface area contributed by atoms with Crippen LogP contribution in [0.2, 0.25) is 0 Å². The maximum atomic E-state index is 6.77. The van der Waals surface area contributed by atoms with Crippen LogP contribution in [0.15, 0.2) is 121 Å². The Balaban J connectivity index is 1.19. The first-order chi connectivity index (χ1) is 26.8. The van der Waals surface area contributed by atoms with Crippen LogP contribution in [-0.2, 0) is 21.7 Å². The van der Waals surface area contributed by atoms with Crippen molar-refractivity contribution in [2.75, 3.05) is 16.5 Å². The molecule has 3 heterocycles. The fourth-order valence-corrected chi connectivity index (χ4v) is 7.94. The molecule has 57 heavy (non-hydrogen) atoms. The molecule has 0 fully saturated rings. The number of nitrogens with zero attached hydrogens (tertiary/aromatic N) is 4. The minimum Gasteiger partial charge on any atom is -0.457 e. The molecule has 292 valence electrons. The van der Waals surface area contributed by atoms with Gasteiger partial charge in [0.1, 0.15) is 24.0 Å². The predicted octanol–water partition coefficient (Wildman–Crippen LogP) is 14.4. The van der Waals surface area contributed by atoms with E-state index in [1.165, 1.54) is 50.1 Å². The minimum absolute atomic E-state index is 0.00762. The van der Waals surface area contributed by atoms with E-state index in [1.807, 2.05) is 6.20 Å². The van der Waals surface area contributed by atoms with Gasteiger partial charge in [-0.15, -0.1) is 0 Å². The van der Waals surface area contributed by atoms with Crippen molar-refractivity contribution in [3.63, 3.8) is 0 Å². The smallest absolute Gasteiger partial charge is 0.137 e. The zero-order valence-corrected chi connectivity index (χ0v) is 36.0. The Kier molecular flexibility index (Phi) is 9.11. The third-order valence-corrected chi connectivity index (χ3v) is 11.5. The Hall–Kier alpha value is -5.55. The Morgan fingerprint density at radius 1 is 0.456 bits per heavy atom. The molecular formula is C52H58N4O. The number of anilines is 4. The maximum absolute atomic E-state index is 6.77. The largest absolute Gasteiger partial charge is 0.457 e. The number of fused-ring (bicyclic) bond motifs is 4. The number of pyridine rings is 1. The normalized spacial score (nSPS) is 13.8. The number of aromatic nitrogens is 2. The van der Waals surface area contributed by atoms with Gasteiger partial charge in [0.25, 0.3) is 0 Å². The van der Waals surface area contributed by atoms with Crippen LogP contribution in [0.25, 0.3) is 27.6 Å². The first kappa shape index (κ1) is 38.3. The van der Waals surface area contributed by atoms with Crippen molar-refractivity contribution < 1.29 is 4.74 Å². The molecule has 0 atom stereocenters. The minimum atomic E-state index is -0.00939. The molecule has 5 aromatic carbocycles. The highest BCUT2D eigenvalue weighted by molar-refractivity contribution is 6.09. The average Bonchev–Trinajstić information content (AvgIpc) is 3.69. The third-order valence-electron chi connectivity index (χ3n) is 11.5. The highest BCUT2D eigenvalue weighted by Crippen LogP contribution is 2.47. The average molecular weight is 755 g/mol. The molecule has 1 aliphatic heterocycles. The monoisotopic (exact) mass is 754 g/mol. The molecule has 7 aromatic rings. The van der Waals surface area contributed by atoms with E-state index in [0.717, 1.165) is 34.0 Å². The molecule has 5 heteroatoms. The lowest BCUT2D eigenvalue weighted by Gasteiger charge is -2.26. The summed E-state index contributed by atoms with van der Waals surface area (Å²) in [6.07, 6.45) is 1.94. The number of rotatable bonds is 5. The summed E-state index contributed by atoms with van der Waals surface area (Å²) in [4.78, 5) is 9.81. The highest BCUT2D eigenvalue weighted by atomic mass is 16.5. The van der Waals surface area contributed by atoms with Crippen LogP contribution in [0.3, 0.4) is 0 Å². The van der Waals surface area contributed by atoms with E-state index in [4.69, 9.17) is 9.72 Å². The van der Waals surface area contributed by atoms with Crippen LogP contribution in [-0.4, -0.2) is 16.2 Å². The standard InChI is InChI=1S/C52H58N4O/c1-49(2,3)34-15-13-16-38(27-34)55-33-54(44-24-20-36(29-47(44)55)51(7,8)9)39-17-14-18-40(31-39)57-41-21-23-43-42-22-19-35(50(4,5)6)28-45(42)56(46(43)32-41)48-30-37(25-26-53-48)52(10,11)12/h13-32H,33H2,1-12H3. The lowest BCUT2D eigenvalue weighted by molar-refractivity contribution is 0.483. The second kappa shape index (κ2) is 13.5. The first-order valence-electron chi connectivity index (χ1n) is 20.4. The van der Waals surface area contributed by atoms with Crippen molar-refractivity contribution in [1.29, 1.82) is 0 Å². The molecule has 0 N–H and O–H groups in total. The lowest BCUT2D eigenvalue weighted by atomic mass is 9.86. The van der Waals surface area contributed by atoms with Crippen LogP contribution in [0, 0.1) is 0 Å². The molecule has 0 unspecified atom stereocenters. The van der Waals surface area contributed by atoms with Gasteiger partial charge in [-0.1, -0.05) is 119 Å². The summed E-state index contributed by atoms with van der Waals surface area (Å²) in [7, 11) is 0. The number of hydrogen-bond acceptors (Lipinski definition) is 4. The van der Waals surface area contributed by atoms with Crippen LogP contribution < -0.4 is 14.5 Å². The van der Waals surface area contributed by atoms with E-state index in [2.05, 4.69) is 213 Å². The van der Waals surface area contributed by atoms with E-state index >= 15 is 0 Å². The Morgan fingerprint density at radius 2 is 0.982 bits per heavy atom. The molecule has 0 saturated heterocycles. The van der Waals surface area contributed by atoms with Gasteiger partial charge >= 0.3 is 0 Å². The number of benzene rings is 5. The van der Waals surface area contributed by atoms with E-state index in [1.54, 1.807) is 0 Å². The Morgan fingerprint density at radius 3 is 1.67 bits per heavy atom. The summed E-state index contributed by atoms with van der Waals surface area (Å²) >= 11 is 0. The fraction of sp³-hybridized carbons (Fsp3) is 0.327. The van der Waals surface area contributed by atoms with Gasteiger partial charge < -0.3 is 14.5 Å². The van der Waals surface area contributed by atoms with Gasteiger partial charge in [-0.05, 0) is 111 Å². The van der Waals surface area contributed by atoms with Crippen molar-refractivity contribution in [2.45, 2.75) is 105 Å². The second-order valence-corrected chi connectivity index (χ2v) is 20.0. The zero-order valence-electron chi connectivity index (χ0n) is 36.0. The molecule has 0 spiro atoms. The molecule has 0 bridgehead atoms. The fourth-order valence-electron chi connectivity index (χ4n) is 7.94. The predicted molar refractivity (Wildman–Crippen MR) is 242 cm³/mol. The van der Waals surface area contributed by atoms with E-state index in [-0.39, 0.29) is 21.7 Å². The second-order valence-electron chi connectivity index (χ2n) is 20.0. The summed E-state index contributed by atoms with van der Waals surface area (Å²) < 4.78 is 9.09. The van der Waals surface area contributed by atoms with Crippen molar-refractivity contribution >= 4 is 44.6 Å². The molecule has 0 radical (unpaired) electrons. The summed E-state index contributed by atoms with van der Waals surface area (Å²) in [5.74, 6) is 2.48. The van der Waals surface area contributed by atoms with Crippen molar-refractivity contribution in [3.05, 3.63) is 144 Å². The highest BCUT2D eigenvalue weighted by Gasteiger charge is 2.31. The molecule has 2 aromatic heterocycles. The van der Waals surface area contributed by atoms with Gasteiger partial charge in [0.2, 0.25) is 0 Å². The molecule has 8 rings (SSSR count). The Labute approximate surface area is 339 Å². The first-order valence-corrected chi connectivity index (χ1v) is 20.4. The zero-order chi connectivity index (χ0) is 40.7. The summed E-state index contributed by atoms with van der Waals surface area (Å²) in [6.45, 7) is 27.9. The van der Waals surface area contributed by atoms with Gasteiger partial charge in [-0.3, -0.25) is 4.57 Å². The third kappa shape index (κ3) is 7.29. The van der Waals surface area contributed by atoms with E-state index in [9.17, 15) is 0 Å². The molecule has 0 amide bonds. The van der Waals surface area contributed by atoms with Crippen LogP contribution in [0.1, 0.15) is 105 Å². The van der Waals surface area contributed by atoms with E-state index in [0.29, 0.717) is 6.67 Å². The van der Waals surface area contributed by atoms with Gasteiger partial charge in [0.05, 0.1) is 22.4 Å². The molecule has 1 aliphatic rings. The van der Waals surface area contributed by atoms with Gasteiger partial charge in [0.15, 0.2) is 0 Å². The topological polar surface area (TPSA) is 33.5 Å². The molecule has 0 aliphatic carbocycles. The van der Waals surface area contributed by atoms with Crippen LogP contribution in [0.5, 0.6) is 11.5 Å². The number of hydrogen-bond donors (Lipinski definition) is 0. The SMILES string of the molecule is CC(C)(C)c1cccc(N2CN(c3cccc(Oc4ccc5c6ccc(C(C)(C)C)cc6n(-c6cc(C(C)(C)C)ccn6)c5c4)c3)c3ccc(C(C)(C)C)cc32)c1. The van der Waals surface area contributed by atoms with E-state index < -0.39 is 0 Å². The van der Waals surface area contributed by atoms with Crippen molar-refractivity contribution in [1.82, 2.24) is 9.55 Å². The number of ether oxygens (including phenoxy) is 1. The molecule has 0 saturated carbocycles. The quantitative estimate of drug-likeness (QED) is 0.175. The Bertz CT molecular complexity index is 2640. The van der Waals surface area contributed by atoms with Crippen molar-refractivity contribution in [3.8, 4) is 17.3 Å². The van der Waals surface area contributed by atoms with Gasteiger partial charge in [-0.25, -0.2) is 4.98 Å².